The van der Waals surface area contributed by atoms with Gasteiger partial charge in [0, 0.05) is 12.3 Å². The van der Waals surface area contributed by atoms with E-state index >= 15 is 0 Å². The first-order valence-electron chi connectivity index (χ1n) is 4.77. The summed E-state index contributed by atoms with van der Waals surface area (Å²) in [5.41, 5.74) is -0.666. The molecule has 1 aliphatic carbocycles. The Kier molecular flexibility index (Phi) is 1.99. The maximum atomic E-state index is 10.1. The van der Waals surface area contributed by atoms with Gasteiger partial charge in [-0.15, -0.1) is 0 Å². The topological polar surface area (TPSA) is 38.7 Å². The molecule has 0 bridgehead atoms. The average molecular weight is 184 g/mol. The van der Waals surface area contributed by atoms with E-state index in [1.165, 1.54) is 0 Å². The summed E-state index contributed by atoms with van der Waals surface area (Å²) in [6, 6.07) is 0. The Morgan fingerprint density at radius 1 is 1.62 bits per heavy atom. The molecule has 0 amide bonds. The molecule has 2 aliphatic rings. The molecule has 0 aromatic carbocycles. The molecule has 2 rings (SSSR count). The van der Waals surface area contributed by atoms with Crippen LogP contribution in [0, 0.1) is 5.92 Å². The van der Waals surface area contributed by atoms with Gasteiger partial charge in [0.1, 0.15) is 11.5 Å². The van der Waals surface area contributed by atoms with E-state index in [1.807, 2.05) is 6.92 Å². The molecule has 0 aromatic heterocycles. The van der Waals surface area contributed by atoms with E-state index in [0.717, 1.165) is 31.0 Å². The van der Waals surface area contributed by atoms with Crippen molar-refractivity contribution in [3.63, 3.8) is 0 Å². The van der Waals surface area contributed by atoms with Gasteiger partial charge in [0.05, 0.1) is 19.3 Å². The van der Waals surface area contributed by atoms with E-state index in [-0.39, 0.29) is 5.92 Å². The average Bonchev–Trinajstić information content (AvgIpc) is 2.39. The molecule has 3 nitrogen and oxygen atoms in total. The van der Waals surface area contributed by atoms with Crippen molar-refractivity contribution < 1.29 is 14.6 Å². The highest BCUT2D eigenvalue weighted by molar-refractivity contribution is 5.21. The van der Waals surface area contributed by atoms with Crippen molar-refractivity contribution in [1.82, 2.24) is 0 Å². The molecular weight excluding hydrogens is 168 g/mol. The number of methoxy groups -OCH3 is 1. The van der Waals surface area contributed by atoms with Crippen LogP contribution in [0.15, 0.2) is 11.5 Å². The third-order valence-electron chi connectivity index (χ3n) is 3.00. The number of ether oxygens (including phenoxy) is 2. The van der Waals surface area contributed by atoms with Crippen LogP contribution in [0.4, 0.5) is 0 Å². The van der Waals surface area contributed by atoms with Crippen LogP contribution in [-0.2, 0) is 9.47 Å². The fourth-order valence-electron chi connectivity index (χ4n) is 2.28. The minimum Gasteiger partial charge on any atom is -0.497 e. The van der Waals surface area contributed by atoms with Crippen LogP contribution >= 0.6 is 0 Å². The summed E-state index contributed by atoms with van der Waals surface area (Å²) in [5, 5.41) is 10.1. The molecule has 0 saturated carbocycles. The molecule has 1 aliphatic heterocycles. The summed E-state index contributed by atoms with van der Waals surface area (Å²) >= 11 is 0. The highest BCUT2D eigenvalue weighted by atomic mass is 16.5. The zero-order chi connectivity index (χ0) is 9.47. The lowest BCUT2D eigenvalue weighted by Crippen LogP contribution is -2.33. The number of fused-ring (bicyclic) bond motifs is 1. The first-order chi connectivity index (χ1) is 6.15. The van der Waals surface area contributed by atoms with E-state index in [9.17, 15) is 5.11 Å². The largest absolute Gasteiger partial charge is 0.497 e. The SMILES string of the molecule is COC1=C2OCCC[C@H]2[C@](C)(O)C1. The molecule has 1 fully saturated rings. The maximum absolute atomic E-state index is 10.1. The van der Waals surface area contributed by atoms with Crippen LogP contribution in [0.5, 0.6) is 0 Å². The summed E-state index contributed by atoms with van der Waals surface area (Å²) in [4.78, 5) is 0. The Morgan fingerprint density at radius 3 is 3.08 bits per heavy atom. The lowest BCUT2D eigenvalue weighted by Gasteiger charge is -2.30. The molecule has 0 aromatic rings. The lowest BCUT2D eigenvalue weighted by atomic mass is 9.87. The molecule has 2 atom stereocenters. The second kappa shape index (κ2) is 2.91. The summed E-state index contributed by atoms with van der Waals surface area (Å²) in [6.07, 6.45) is 2.63. The van der Waals surface area contributed by atoms with Gasteiger partial charge in [-0.3, -0.25) is 0 Å². The molecule has 1 heterocycles. The van der Waals surface area contributed by atoms with Gasteiger partial charge >= 0.3 is 0 Å². The minimum absolute atomic E-state index is 0.149. The molecular formula is C10H16O3. The fraction of sp³-hybridized carbons (Fsp3) is 0.800. The highest BCUT2D eigenvalue weighted by Gasteiger charge is 2.46. The molecule has 3 heteroatoms. The second-order valence-electron chi connectivity index (χ2n) is 4.07. The number of rotatable bonds is 1. The third kappa shape index (κ3) is 1.31. The van der Waals surface area contributed by atoms with Gasteiger partial charge in [-0.2, -0.15) is 0 Å². The van der Waals surface area contributed by atoms with Crippen LogP contribution in [0.25, 0.3) is 0 Å². The number of hydrogen-bond donors (Lipinski definition) is 1. The van der Waals surface area contributed by atoms with Crippen molar-refractivity contribution in [1.29, 1.82) is 0 Å². The van der Waals surface area contributed by atoms with Crippen LogP contribution in [0.1, 0.15) is 26.2 Å². The van der Waals surface area contributed by atoms with Crippen molar-refractivity contribution in [2.45, 2.75) is 31.8 Å². The van der Waals surface area contributed by atoms with Crippen molar-refractivity contribution in [3.8, 4) is 0 Å². The zero-order valence-corrected chi connectivity index (χ0v) is 8.17. The Morgan fingerprint density at radius 2 is 2.38 bits per heavy atom. The van der Waals surface area contributed by atoms with Gasteiger partial charge < -0.3 is 14.6 Å². The normalized spacial score (nSPS) is 38.5. The highest BCUT2D eigenvalue weighted by Crippen LogP contribution is 2.45. The molecule has 0 radical (unpaired) electrons. The molecule has 0 unspecified atom stereocenters. The molecule has 74 valence electrons. The van der Waals surface area contributed by atoms with Crippen LogP contribution in [0.2, 0.25) is 0 Å². The van der Waals surface area contributed by atoms with Crippen molar-refractivity contribution in [3.05, 3.63) is 11.5 Å². The summed E-state index contributed by atoms with van der Waals surface area (Å²) < 4.78 is 10.7. The molecule has 0 spiro atoms. The smallest absolute Gasteiger partial charge is 0.140 e. The van der Waals surface area contributed by atoms with Crippen molar-refractivity contribution in [2.75, 3.05) is 13.7 Å². The first-order valence-corrected chi connectivity index (χ1v) is 4.77. The quantitative estimate of drug-likeness (QED) is 0.670. The second-order valence-corrected chi connectivity index (χ2v) is 4.07. The van der Waals surface area contributed by atoms with E-state index in [2.05, 4.69) is 0 Å². The Bertz CT molecular complexity index is 243. The Balaban J connectivity index is 2.27. The van der Waals surface area contributed by atoms with Gasteiger partial charge in [-0.1, -0.05) is 0 Å². The standard InChI is InChI=1S/C10H16O3/c1-10(11)6-8(12-2)9-7(10)4-3-5-13-9/h7,11H,3-6H2,1-2H3/t7-,10-/m1/s1. The van der Waals surface area contributed by atoms with Crippen LogP contribution in [0.3, 0.4) is 0 Å². The van der Waals surface area contributed by atoms with Gasteiger partial charge in [-0.05, 0) is 19.8 Å². The van der Waals surface area contributed by atoms with Gasteiger partial charge in [0.25, 0.3) is 0 Å². The zero-order valence-electron chi connectivity index (χ0n) is 8.17. The molecule has 13 heavy (non-hydrogen) atoms. The maximum Gasteiger partial charge on any atom is 0.140 e. The van der Waals surface area contributed by atoms with Crippen LogP contribution in [-0.4, -0.2) is 24.4 Å². The Labute approximate surface area is 78.3 Å². The molecule has 1 N–H and O–H groups in total. The fourth-order valence-corrected chi connectivity index (χ4v) is 2.28. The van der Waals surface area contributed by atoms with Gasteiger partial charge in [0.15, 0.2) is 0 Å². The lowest BCUT2D eigenvalue weighted by molar-refractivity contribution is -0.0137. The van der Waals surface area contributed by atoms with E-state index in [4.69, 9.17) is 9.47 Å². The third-order valence-corrected chi connectivity index (χ3v) is 3.00. The summed E-state index contributed by atoms with van der Waals surface area (Å²) in [6.45, 7) is 2.62. The van der Waals surface area contributed by atoms with E-state index in [0.29, 0.717) is 6.42 Å². The number of hydrogen-bond acceptors (Lipinski definition) is 3. The summed E-state index contributed by atoms with van der Waals surface area (Å²) in [5.74, 6) is 1.87. The van der Waals surface area contributed by atoms with Crippen LogP contribution < -0.4 is 0 Å². The van der Waals surface area contributed by atoms with E-state index < -0.39 is 5.60 Å². The van der Waals surface area contributed by atoms with Crippen molar-refractivity contribution in [2.24, 2.45) is 5.92 Å². The predicted molar refractivity (Wildman–Crippen MR) is 48.0 cm³/mol. The first kappa shape index (κ1) is 8.88. The van der Waals surface area contributed by atoms with Gasteiger partial charge in [0.2, 0.25) is 0 Å². The predicted octanol–water partition coefficient (Wildman–Crippen LogP) is 1.43. The number of aliphatic hydroxyl groups is 1. The Hall–Kier alpha value is -0.700. The van der Waals surface area contributed by atoms with E-state index in [1.54, 1.807) is 7.11 Å². The van der Waals surface area contributed by atoms with Crippen molar-refractivity contribution >= 4 is 0 Å². The monoisotopic (exact) mass is 184 g/mol. The summed E-state index contributed by atoms with van der Waals surface area (Å²) in [7, 11) is 1.64. The van der Waals surface area contributed by atoms with Gasteiger partial charge in [-0.25, -0.2) is 0 Å². The molecule has 1 saturated heterocycles. The minimum atomic E-state index is -0.666.